The number of aryl methyl sites for hydroxylation is 2. The number of esters is 1. The number of carboxylic acids is 1. The first-order valence-corrected chi connectivity index (χ1v) is 24.4. The van der Waals surface area contributed by atoms with Crippen LogP contribution in [0.25, 0.3) is 65.9 Å². The van der Waals surface area contributed by atoms with Gasteiger partial charge in [0, 0.05) is 69.0 Å². The first-order chi connectivity index (χ1) is 35.1. The summed E-state index contributed by atoms with van der Waals surface area (Å²) in [6, 6.07) is 20.6. The third-order valence-electron chi connectivity index (χ3n) is 12.8. The number of fused-ring (bicyclic) bond motifs is 2. The zero-order valence-electron chi connectivity index (χ0n) is 44.0. The van der Waals surface area contributed by atoms with Gasteiger partial charge in [0.25, 0.3) is 12.9 Å². The van der Waals surface area contributed by atoms with E-state index in [0.29, 0.717) is 90.7 Å². The molecule has 2 atom stereocenters. The monoisotopic (exact) mass is 1040 g/mol. The molecule has 0 bridgehead atoms. The van der Waals surface area contributed by atoms with Crippen LogP contribution >= 0.6 is 0 Å². The Labute approximate surface area is 448 Å². The van der Waals surface area contributed by atoms with Crippen molar-refractivity contribution in [3.63, 3.8) is 0 Å². The van der Waals surface area contributed by atoms with Gasteiger partial charge in [0.2, 0.25) is 0 Å². The van der Waals surface area contributed by atoms with E-state index in [1.807, 2.05) is 64.1 Å². The Morgan fingerprint density at radius 3 is 1.46 bits per heavy atom. The molecule has 0 aliphatic carbocycles. The molecule has 392 valence electrons. The molecule has 8 aromatic rings. The van der Waals surface area contributed by atoms with Gasteiger partial charge in [-0.25, -0.2) is 37.1 Å². The minimum absolute atomic E-state index is 0. The molecule has 6 heterocycles. The number of pyridine rings is 4. The van der Waals surface area contributed by atoms with Crippen molar-refractivity contribution in [2.24, 2.45) is 0 Å². The first-order valence-electron chi connectivity index (χ1n) is 24.4. The number of carbonyl (C=O) groups excluding carboxylic acids is 1. The van der Waals surface area contributed by atoms with E-state index < -0.39 is 48.2 Å². The number of nitrogens with zero attached hydrogens (tertiary/aromatic N) is 4. The van der Waals surface area contributed by atoms with Crippen LogP contribution in [0.4, 0.5) is 17.6 Å². The number of alkyl halides is 4. The Bertz CT molecular complexity index is 3510. The summed E-state index contributed by atoms with van der Waals surface area (Å²) in [5.41, 5.74) is 7.08. The molecule has 4 aromatic carbocycles. The van der Waals surface area contributed by atoms with Gasteiger partial charge >= 0.3 is 30.8 Å². The average Bonchev–Trinajstić information content (AvgIpc) is 3.34. The van der Waals surface area contributed by atoms with E-state index in [1.54, 1.807) is 71.3 Å². The first kappa shape index (κ1) is 57.0. The number of rotatable bonds is 11. The number of ether oxygens (including phenoxy) is 5. The summed E-state index contributed by atoms with van der Waals surface area (Å²) in [4.78, 5) is 43.8. The van der Waals surface area contributed by atoms with Crippen molar-refractivity contribution >= 4 is 55.6 Å². The van der Waals surface area contributed by atoms with Crippen molar-refractivity contribution < 1.29 is 80.3 Å². The number of benzene rings is 4. The van der Waals surface area contributed by atoms with E-state index in [0.717, 1.165) is 46.1 Å². The Hall–Kier alpha value is -6.74. The molecule has 18 heteroatoms. The fourth-order valence-corrected chi connectivity index (χ4v) is 9.96. The Balaban J connectivity index is 0.000000216. The maximum atomic E-state index is 13.6. The smallest absolute Gasteiger partial charge is 0.870 e. The van der Waals surface area contributed by atoms with Crippen LogP contribution in [0.15, 0.2) is 85.2 Å². The van der Waals surface area contributed by atoms with Gasteiger partial charge in [-0.05, 0) is 156 Å². The summed E-state index contributed by atoms with van der Waals surface area (Å²) < 4.78 is 83.7. The van der Waals surface area contributed by atoms with Crippen LogP contribution in [-0.2, 0) is 36.6 Å². The Kier molecular flexibility index (Phi) is 16.8. The normalized spacial score (nSPS) is 13.8. The molecule has 2 aliphatic heterocycles. The number of carbonyl (C=O) groups is 2. The molecule has 2 aliphatic rings. The fraction of sp³-hybridized carbons (Fsp3) is 0.345. The van der Waals surface area contributed by atoms with Crippen LogP contribution in [0.5, 0.6) is 11.5 Å². The second-order valence-corrected chi connectivity index (χ2v) is 20.3. The summed E-state index contributed by atoms with van der Waals surface area (Å²) in [6.07, 6.45) is -2.85. The predicted molar refractivity (Wildman–Crippen MR) is 276 cm³/mol. The van der Waals surface area contributed by atoms with E-state index in [9.17, 15) is 32.3 Å². The van der Waals surface area contributed by atoms with Gasteiger partial charge in [0.05, 0.1) is 53.1 Å². The molecule has 0 saturated carbocycles. The van der Waals surface area contributed by atoms with E-state index in [1.165, 1.54) is 12.1 Å². The van der Waals surface area contributed by atoms with E-state index in [2.05, 4.69) is 15.0 Å². The SMILES string of the molecule is CCOC(=O)[C@@H](OC(C)(C)C)c1c(C)cc2nc(C(F)F)ccc2c1-c1ccc2c3c(ccnc13)CCO2.Cc1cc2nc(C(F)F)ccc2c(-c2ccc3c4c(ccnc24)CCO3)c1[C@H](OC(C)(C)C)C(=O)O.[Li+].[OH-]. The molecule has 0 spiro atoms. The van der Waals surface area contributed by atoms with Crippen LogP contribution in [0.2, 0.25) is 0 Å². The zero-order valence-corrected chi connectivity index (χ0v) is 44.0. The predicted octanol–water partition coefficient (Wildman–Crippen LogP) is 10.4. The molecule has 2 N–H and O–H groups in total. The second kappa shape index (κ2) is 22.5. The minimum atomic E-state index is -2.73. The van der Waals surface area contributed by atoms with Gasteiger partial charge in [0.15, 0.2) is 12.2 Å². The molecule has 13 nitrogen and oxygen atoms in total. The summed E-state index contributed by atoms with van der Waals surface area (Å²) in [6.45, 7) is 17.6. The fourth-order valence-electron chi connectivity index (χ4n) is 9.96. The molecule has 0 radical (unpaired) electrons. The number of hydrogen-bond donors (Lipinski definition) is 1. The van der Waals surface area contributed by atoms with Crippen LogP contribution in [0, 0.1) is 13.8 Å². The number of aromatic nitrogens is 4. The largest absolute Gasteiger partial charge is 1.00 e. The molecule has 0 unspecified atom stereocenters. The van der Waals surface area contributed by atoms with Crippen LogP contribution in [0.1, 0.15) is 118 Å². The molecule has 0 saturated heterocycles. The molecule has 4 aromatic heterocycles. The van der Waals surface area contributed by atoms with E-state index in [4.69, 9.17) is 28.7 Å². The molecule has 0 fully saturated rings. The van der Waals surface area contributed by atoms with Crippen molar-refractivity contribution in [1.82, 2.24) is 19.9 Å². The number of halogens is 4. The third-order valence-corrected chi connectivity index (χ3v) is 12.8. The molecule has 76 heavy (non-hydrogen) atoms. The number of carboxylic acid groups (broad SMARTS) is 1. The van der Waals surface area contributed by atoms with Gasteiger partial charge in [-0.2, -0.15) is 0 Å². The molecular formula is C58H57F4LiN4O9. The van der Waals surface area contributed by atoms with Crippen molar-refractivity contribution in [3.8, 4) is 33.8 Å². The topological polar surface area (TPSA) is 182 Å². The average molecular weight is 1040 g/mol. The van der Waals surface area contributed by atoms with Crippen molar-refractivity contribution in [1.29, 1.82) is 0 Å². The van der Waals surface area contributed by atoms with Crippen molar-refractivity contribution in [2.45, 2.75) is 111 Å². The van der Waals surface area contributed by atoms with E-state index in [-0.39, 0.29) is 42.3 Å². The second-order valence-electron chi connectivity index (χ2n) is 20.3. The van der Waals surface area contributed by atoms with Crippen molar-refractivity contribution in [3.05, 3.63) is 130 Å². The van der Waals surface area contributed by atoms with Gasteiger partial charge in [-0.15, -0.1) is 0 Å². The van der Waals surface area contributed by atoms with Crippen LogP contribution in [-0.4, -0.2) is 73.5 Å². The van der Waals surface area contributed by atoms with E-state index >= 15 is 0 Å². The Morgan fingerprint density at radius 1 is 0.645 bits per heavy atom. The quantitative estimate of drug-likeness (QED) is 0.0735. The van der Waals surface area contributed by atoms with Crippen LogP contribution in [0.3, 0.4) is 0 Å². The summed E-state index contributed by atoms with van der Waals surface area (Å²) >= 11 is 0. The maximum absolute atomic E-state index is 13.6. The standard InChI is InChI=1S/C30H30F2N2O4.C28H26F2N2O4.Li.H2O/c1-6-36-29(35)27(38-30(3,4)5)23-16(2)15-21-18(7-9-20(34-21)28(31)32)25(23)19-8-10-22-24-17(12-14-37-22)11-13-33-26(19)24;1-14-13-19-16(5-7-18(32-19)26(29)30)23(21(14)25(27(33)34)36-28(2,3)4)17-6-8-20-22-15(10-12-35-20)9-11-31-24(17)22;;/h7-11,13,15,27-28H,6,12,14H2,1-5H3;5-9,11,13,25-26H,10,12H2,1-4H3,(H,33,34);;1H2/q;;+1;/p-1/t27-;25-;;/m00../s1. The van der Waals surface area contributed by atoms with Crippen molar-refractivity contribution in [2.75, 3.05) is 19.8 Å². The maximum Gasteiger partial charge on any atom is 1.00 e. The number of hydrogen-bond acceptors (Lipinski definition) is 12. The zero-order chi connectivity index (χ0) is 53.0. The summed E-state index contributed by atoms with van der Waals surface area (Å²) in [5.74, 6) is -0.227. The summed E-state index contributed by atoms with van der Waals surface area (Å²) in [7, 11) is 0. The Morgan fingerprint density at radius 2 is 1.07 bits per heavy atom. The van der Waals surface area contributed by atoms with Gasteiger partial charge in [0.1, 0.15) is 22.9 Å². The molecule has 10 rings (SSSR count). The number of aliphatic carboxylic acids is 1. The summed E-state index contributed by atoms with van der Waals surface area (Å²) in [5, 5.41) is 13.2. The molecule has 0 amide bonds. The van der Waals surface area contributed by atoms with Gasteiger partial charge in [-0.1, -0.05) is 12.1 Å². The van der Waals surface area contributed by atoms with Gasteiger partial charge < -0.3 is 34.3 Å². The van der Waals surface area contributed by atoms with Crippen LogP contribution < -0.4 is 28.3 Å². The minimum Gasteiger partial charge on any atom is -0.870 e. The van der Waals surface area contributed by atoms with Gasteiger partial charge in [-0.3, -0.25) is 9.97 Å². The third kappa shape index (κ3) is 11.2. The molecular weight excluding hydrogens is 980 g/mol.